The summed E-state index contributed by atoms with van der Waals surface area (Å²) in [6.45, 7) is 0. The van der Waals surface area contributed by atoms with Gasteiger partial charge in [-0.3, -0.25) is 4.72 Å². The van der Waals surface area contributed by atoms with Gasteiger partial charge in [-0.2, -0.15) is 0 Å². The molecule has 3 aromatic heterocycles. The van der Waals surface area contributed by atoms with Gasteiger partial charge in [-0.1, -0.05) is 12.8 Å². The summed E-state index contributed by atoms with van der Waals surface area (Å²) in [4.78, 5) is 15.8. The molecule has 0 radical (unpaired) electrons. The molecule has 0 amide bonds. The molecule has 4 N–H and O–H groups in total. The summed E-state index contributed by atoms with van der Waals surface area (Å²) in [6.07, 6.45) is 7.86. The molecule has 0 bridgehead atoms. The number of hydrogen-bond donors (Lipinski definition) is 3. The Morgan fingerprint density at radius 3 is 2.69 bits per heavy atom. The van der Waals surface area contributed by atoms with E-state index in [2.05, 4.69) is 29.2 Å². The zero-order valence-electron chi connectivity index (χ0n) is 18.9. The summed E-state index contributed by atoms with van der Waals surface area (Å²) in [5.41, 5.74) is 9.02. The minimum absolute atomic E-state index is 0.164. The quantitative estimate of drug-likeness (QED) is 0.313. The molecule has 0 atom stereocenters. The van der Waals surface area contributed by atoms with Crippen molar-refractivity contribution >= 4 is 43.6 Å². The number of aromatic nitrogens is 5. The Balaban J connectivity index is 1.40. The zero-order chi connectivity index (χ0) is 25.0. The van der Waals surface area contributed by atoms with Crippen molar-refractivity contribution in [1.82, 2.24) is 24.5 Å². The number of nitrogens with one attached hydrogen (secondary N) is 2. The van der Waals surface area contributed by atoms with Crippen molar-refractivity contribution in [2.24, 2.45) is 0 Å². The highest BCUT2D eigenvalue weighted by Gasteiger charge is 2.24. The van der Waals surface area contributed by atoms with E-state index >= 15 is 0 Å². The van der Waals surface area contributed by atoms with Gasteiger partial charge >= 0.3 is 0 Å². The molecule has 1 aliphatic carbocycles. The van der Waals surface area contributed by atoms with E-state index < -0.39 is 26.6 Å². The number of halogens is 2. The Bertz CT molecular complexity index is 1740. The smallest absolute Gasteiger partial charge is 0.264 e. The largest absolute Gasteiger partial charge is 0.383 e. The van der Waals surface area contributed by atoms with E-state index in [0.717, 1.165) is 49.0 Å². The van der Waals surface area contributed by atoms with E-state index in [1.54, 1.807) is 6.07 Å². The van der Waals surface area contributed by atoms with E-state index in [9.17, 15) is 17.2 Å². The minimum Gasteiger partial charge on any atom is -0.383 e. The van der Waals surface area contributed by atoms with E-state index in [1.807, 2.05) is 6.20 Å². The Morgan fingerprint density at radius 2 is 1.89 bits per heavy atom. The maximum absolute atomic E-state index is 14.1. The molecule has 36 heavy (non-hydrogen) atoms. The van der Waals surface area contributed by atoms with Gasteiger partial charge in [0.2, 0.25) is 0 Å². The molecule has 12 heteroatoms. The lowest BCUT2D eigenvalue weighted by Crippen LogP contribution is -2.14. The van der Waals surface area contributed by atoms with Crippen LogP contribution in [0.5, 0.6) is 0 Å². The lowest BCUT2D eigenvalue weighted by molar-refractivity contribution is 0.532. The molecule has 6 rings (SSSR count). The van der Waals surface area contributed by atoms with Crippen molar-refractivity contribution in [3.63, 3.8) is 0 Å². The van der Waals surface area contributed by atoms with Crippen molar-refractivity contribution in [2.75, 3.05) is 10.5 Å². The van der Waals surface area contributed by atoms with Gasteiger partial charge in [0.15, 0.2) is 0 Å². The van der Waals surface area contributed by atoms with Crippen molar-refractivity contribution in [2.45, 2.75) is 36.6 Å². The number of fused-ring (bicyclic) bond motifs is 2. The molecule has 9 nitrogen and oxygen atoms in total. The summed E-state index contributed by atoms with van der Waals surface area (Å²) >= 11 is 0. The highest BCUT2D eigenvalue weighted by molar-refractivity contribution is 7.92. The number of rotatable bonds is 5. The van der Waals surface area contributed by atoms with E-state index in [4.69, 9.17) is 5.73 Å². The van der Waals surface area contributed by atoms with Crippen LogP contribution in [0.15, 0.2) is 53.8 Å². The van der Waals surface area contributed by atoms with Crippen molar-refractivity contribution in [1.29, 1.82) is 0 Å². The Kier molecular flexibility index (Phi) is 5.14. The van der Waals surface area contributed by atoms with Crippen LogP contribution in [-0.2, 0) is 10.0 Å². The summed E-state index contributed by atoms with van der Waals surface area (Å²) in [5, 5.41) is 0.700. The maximum atomic E-state index is 14.1. The molecule has 3 heterocycles. The third-order valence-electron chi connectivity index (χ3n) is 6.53. The molecule has 2 aromatic carbocycles. The number of hydrogen-bond acceptors (Lipinski definition) is 6. The second kappa shape index (κ2) is 8.26. The number of aromatic amines is 1. The molecule has 0 unspecified atom stereocenters. The van der Waals surface area contributed by atoms with Gasteiger partial charge in [-0.15, -0.1) is 0 Å². The van der Waals surface area contributed by atoms with E-state index in [0.29, 0.717) is 40.2 Å². The zero-order valence-corrected chi connectivity index (χ0v) is 19.7. The van der Waals surface area contributed by atoms with Crippen LogP contribution in [0.4, 0.5) is 20.3 Å². The van der Waals surface area contributed by atoms with Crippen LogP contribution in [0.25, 0.3) is 33.5 Å². The molecule has 0 spiro atoms. The fourth-order valence-corrected chi connectivity index (χ4v) is 5.98. The molecule has 0 aliphatic heterocycles. The third kappa shape index (κ3) is 3.73. The Morgan fingerprint density at radius 1 is 1.08 bits per heavy atom. The van der Waals surface area contributed by atoms with Gasteiger partial charge in [-0.05, 0) is 49.2 Å². The van der Waals surface area contributed by atoms with Crippen LogP contribution < -0.4 is 10.5 Å². The van der Waals surface area contributed by atoms with Crippen molar-refractivity contribution in [3.05, 3.63) is 60.6 Å². The minimum atomic E-state index is -4.36. The number of nitrogen functional groups attached to an aromatic ring is 1. The number of sulfonamides is 1. The molecule has 0 saturated heterocycles. The molecule has 5 aromatic rings. The molecular formula is C24H21F2N7O2S. The monoisotopic (exact) mass is 509 g/mol. The SMILES string of the molecule is Nc1ncnc2c1c(-c1nc3ccc(NS(=O)(=O)c4cc(F)ccc4F)cc3[nH]1)cn2C1CCCC1. The topological polar surface area (TPSA) is 132 Å². The first kappa shape index (κ1) is 22.4. The van der Waals surface area contributed by atoms with Crippen LogP contribution in [0, 0.1) is 11.6 Å². The van der Waals surface area contributed by atoms with E-state index in [-0.39, 0.29) is 5.69 Å². The summed E-state index contributed by atoms with van der Waals surface area (Å²) in [7, 11) is -4.36. The highest BCUT2D eigenvalue weighted by atomic mass is 32.2. The molecule has 1 fully saturated rings. The molecule has 1 aliphatic rings. The lowest BCUT2D eigenvalue weighted by atomic mass is 10.2. The standard InChI is InChI=1S/C24H21F2N7O2S/c25-13-5-7-17(26)20(9-13)36(34,35)32-14-6-8-18-19(10-14)31-23(30-18)16-11-33(15-3-1-2-4-15)24-21(16)22(27)28-12-29-24/h5-12,15,32H,1-4H2,(H,30,31)(H2,27,28,29). The van der Waals surface area contributed by atoms with Gasteiger partial charge in [0.25, 0.3) is 10.0 Å². The number of H-pyrrole nitrogens is 1. The molecule has 184 valence electrons. The summed E-state index contributed by atoms with van der Waals surface area (Å²) in [5.74, 6) is -1.03. The van der Waals surface area contributed by atoms with Gasteiger partial charge in [0.05, 0.1) is 22.1 Å². The second-order valence-electron chi connectivity index (χ2n) is 8.84. The number of imidazole rings is 1. The third-order valence-corrected chi connectivity index (χ3v) is 7.93. The number of anilines is 2. The van der Waals surface area contributed by atoms with Gasteiger partial charge in [0.1, 0.15) is 40.1 Å². The lowest BCUT2D eigenvalue weighted by Gasteiger charge is -2.12. The maximum Gasteiger partial charge on any atom is 0.264 e. The summed E-state index contributed by atoms with van der Waals surface area (Å²) < 4.78 is 57.4. The van der Waals surface area contributed by atoms with Crippen LogP contribution in [0.2, 0.25) is 0 Å². The van der Waals surface area contributed by atoms with Gasteiger partial charge < -0.3 is 15.3 Å². The number of benzene rings is 2. The fourth-order valence-electron chi connectivity index (χ4n) is 4.84. The Labute approximate surface area is 204 Å². The van der Waals surface area contributed by atoms with Gasteiger partial charge in [0, 0.05) is 17.8 Å². The van der Waals surface area contributed by atoms with E-state index in [1.165, 1.54) is 18.5 Å². The number of nitrogens with zero attached hydrogens (tertiary/aromatic N) is 4. The first-order valence-electron chi connectivity index (χ1n) is 11.4. The van der Waals surface area contributed by atoms with Crippen LogP contribution in [-0.4, -0.2) is 32.9 Å². The summed E-state index contributed by atoms with van der Waals surface area (Å²) in [6, 6.07) is 7.25. The van der Waals surface area contributed by atoms with Gasteiger partial charge in [-0.25, -0.2) is 32.2 Å². The van der Waals surface area contributed by atoms with Crippen LogP contribution in [0.3, 0.4) is 0 Å². The second-order valence-corrected chi connectivity index (χ2v) is 10.5. The van der Waals surface area contributed by atoms with Crippen molar-refractivity contribution in [3.8, 4) is 11.4 Å². The van der Waals surface area contributed by atoms with Crippen LogP contribution in [0.1, 0.15) is 31.7 Å². The van der Waals surface area contributed by atoms with Crippen molar-refractivity contribution < 1.29 is 17.2 Å². The Hall–Kier alpha value is -4.06. The normalized spacial score (nSPS) is 14.7. The predicted octanol–water partition coefficient (Wildman–Crippen LogP) is 4.75. The fraction of sp³-hybridized carbons (Fsp3) is 0.208. The number of nitrogens with two attached hydrogens (primary N) is 1. The molecular weight excluding hydrogens is 488 g/mol. The predicted molar refractivity (Wildman–Crippen MR) is 132 cm³/mol. The molecule has 1 saturated carbocycles. The highest BCUT2D eigenvalue weighted by Crippen LogP contribution is 2.38. The first-order chi connectivity index (χ1) is 17.3. The van der Waals surface area contributed by atoms with Crippen LogP contribution >= 0.6 is 0 Å². The average molecular weight is 510 g/mol. The average Bonchev–Trinajstić information content (AvgIpc) is 3.58. The first-order valence-corrected chi connectivity index (χ1v) is 12.9.